The van der Waals surface area contributed by atoms with Gasteiger partial charge in [0.25, 0.3) is 0 Å². The van der Waals surface area contributed by atoms with Crippen molar-refractivity contribution in [3.05, 3.63) is 41.7 Å². The highest BCUT2D eigenvalue weighted by molar-refractivity contribution is 7.13. The Kier molecular flexibility index (Phi) is 5.22. The normalized spacial score (nSPS) is 9.95. The number of carbonyl (C=O) groups is 2. The second kappa shape index (κ2) is 7.34. The molecule has 0 saturated heterocycles. The van der Waals surface area contributed by atoms with Crippen LogP contribution in [0, 0.1) is 5.82 Å². The number of carbonyl (C=O) groups excluding carboxylic acids is 2. The SMILES string of the molecule is O=C(NCCOc1ccc(F)cc1)C(=O)Nc1nccs1. The molecule has 0 unspecified atom stereocenters. The van der Waals surface area contributed by atoms with Crippen LogP contribution in [-0.4, -0.2) is 29.9 Å². The Labute approximate surface area is 124 Å². The summed E-state index contributed by atoms with van der Waals surface area (Å²) < 4.78 is 17.9. The maximum absolute atomic E-state index is 12.7. The van der Waals surface area contributed by atoms with Gasteiger partial charge in [0.15, 0.2) is 5.13 Å². The Hall–Kier alpha value is -2.48. The number of thiazole rings is 1. The van der Waals surface area contributed by atoms with Crippen LogP contribution in [0.4, 0.5) is 9.52 Å². The van der Waals surface area contributed by atoms with Gasteiger partial charge in [0.05, 0.1) is 6.54 Å². The molecule has 0 fully saturated rings. The monoisotopic (exact) mass is 309 g/mol. The van der Waals surface area contributed by atoms with Gasteiger partial charge in [0.2, 0.25) is 0 Å². The molecule has 0 atom stereocenters. The van der Waals surface area contributed by atoms with Gasteiger partial charge in [-0.05, 0) is 24.3 Å². The summed E-state index contributed by atoms with van der Waals surface area (Å²) >= 11 is 1.22. The summed E-state index contributed by atoms with van der Waals surface area (Å²) in [4.78, 5) is 26.8. The zero-order valence-corrected chi connectivity index (χ0v) is 11.7. The molecule has 2 amide bonds. The summed E-state index contributed by atoms with van der Waals surface area (Å²) in [5.74, 6) is -1.42. The second-order valence-corrected chi connectivity index (χ2v) is 4.74. The molecule has 1 heterocycles. The van der Waals surface area contributed by atoms with Crippen LogP contribution >= 0.6 is 11.3 Å². The van der Waals surface area contributed by atoms with Gasteiger partial charge in [-0.25, -0.2) is 9.37 Å². The van der Waals surface area contributed by atoms with Crippen LogP contribution in [-0.2, 0) is 9.59 Å². The first-order valence-electron chi connectivity index (χ1n) is 6.02. The number of benzene rings is 1. The van der Waals surface area contributed by atoms with Crippen LogP contribution < -0.4 is 15.4 Å². The fourth-order valence-electron chi connectivity index (χ4n) is 1.38. The standard InChI is InChI=1S/C13H12FN3O3S/c14-9-1-3-10(4-2-9)20-7-5-15-11(18)12(19)17-13-16-6-8-21-13/h1-4,6,8H,5,7H2,(H,15,18)(H,16,17,19). The van der Waals surface area contributed by atoms with Crippen molar-refractivity contribution in [3.8, 4) is 5.75 Å². The fourth-order valence-corrected chi connectivity index (χ4v) is 1.91. The summed E-state index contributed by atoms with van der Waals surface area (Å²) in [6, 6.07) is 5.50. The van der Waals surface area contributed by atoms with Crippen LogP contribution in [0.2, 0.25) is 0 Å². The Morgan fingerprint density at radius 3 is 2.67 bits per heavy atom. The molecule has 2 N–H and O–H groups in total. The van der Waals surface area contributed by atoms with E-state index in [9.17, 15) is 14.0 Å². The van der Waals surface area contributed by atoms with E-state index in [1.54, 1.807) is 5.38 Å². The lowest BCUT2D eigenvalue weighted by molar-refractivity contribution is -0.136. The second-order valence-electron chi connectivity index (χ2n) is 3.85. The molecule has 2 rings (SSSR count). The molecule has 0 aliphatic carbocycles. The molecule has 0 radical (unpaired) electrons. The van der Waals surface area contributed by atoms with Gasteiger partial charge in [-0.1, -0.05) is 0 Å². The number of nitrogens with zero attached hydrogens (tertiary/aromatic N) is 1. The van der Waals surface area contributed by atoms with Crippen LogP contribution in [0.3, 0.4) is 0 Å². The number of ether oxygens (including phenoxy) is 1. The molecule has 0 bridgehead atoms. The number of hydrogen-bond acceptors (Lipinski definition) is 5. The molecule has 1 aromatic heterocycles. The van der Waals surface area contributed by atoms with Crippen molar-refractivity contribution in [2.24, 2.45) is 0 Å². The van der Waals surface area contributed by atoms with E-state index in [-0.39, 0.29) is 19.0 Å². The molecular formula is C13H12FN3O3S. The average molecular weight is 309 g/mol. The van der Waals surface area contributed by atoms with Crippen LogP contribution in [0.1, 0.15) is 0 Å². The molecule has 21 heavy (non-hydrogen) atoms. The summed E-state index contributed by atoms with van der Waals surface area (Å²) in [5.41, 5.74) is 0. The van der Waals surface area contributed by atoms with Crippen molar-refractivity contribution in [2.45, 2.75) is 0 Å². The lowest BCUT2D eigenvalue weighted by atomic mass is 10.3. The van der Waals surface area contributed by atoms with Gasteiger partial charge in [-0.15, -0.1) is 11.3 Å². The largest absolute Gasteiger partial charge is 0.492 e. The fraction of sp³-hybridized carbons (Fsp3) is 0.154. The molecule has 1 aromatic carbocycles. The van der Waals surface area contributed by atoms with Crippen molar-refractivity contribution in [3.63, 3.8) is 0 Å². The first-order valence-corrected chi connectivity index (χ1v) is 6.90. The predicted molar refractivity (Wildman–Crippen MR) is 75.6 cm³/mol. The Bertz CT molecular complexity index is 602. The molecule has 0 aliphatic heterocycles. The summed E-state index contributed by atoms with van der Waals surface area (Å²) in [7, 11) is 0. The number of hydrogen-bond donors (Lipinski definition) is 2. The number of anilines is 1. The predicted octanol–water partition coefficient (Wildman–Crippen LogP) is 1.42. The lowest BCUT2D eigenvalue weighted by Gasteiger charge is -2.07. The third-order valence-electron chi connectivity index (χ3n) is 2.33. The van der Waals surface area contributed by atoms with Crippen LogP contribution in [0.15, 0.2) is 35.8 Å². The van der Waals surface area contributed by atoms with Gasteiger partial charge in [0.1, 0.15) is 18.2 Å². The van der Waals surface area contributed by atoms with E-state index in [0.717, 1.165) is 0 Å². The first kappa shape index (κ1) is 14.9. The maximum atomic E-state index is 12.7. The van der Waals surface area contributed by atoms with E-state index >= 15 is 0 Å². The summed E-state index contributed by atoms with van der Waals surface area (Å²) in [5, 5.41) is 6.81. The molecule has 2 aromatic rings. The minimum absolute atomic E-state index is 0.154. The van der Waals surface area contributed by atoms with Crippen molar-refractivity contribution in [2.75, 3.05) is 18.5 Å². The van der Waals surface area contributed by atoms with Crippen LogP contribution in [0.5, 0.6) is 5.75 Å². The molecule has 0 saturated carbocycles. The molecule has 0 spiro atoms. The highest BCUT2D eigenvalue weighted by atomic mass is 32.1. The number of amides is 2. The smallest absolute Gasteiger partial charge is 0.315 e. The highest BCUT2D eigenvalue weighted by Crippen LogP contribution is 2.11. The summed E-state index contributed by atoms with van der Waals surface area (Å²) in [6.07, 6.45) is 1.52. The zero-order chi connectivity index (χ0) is 15.1. The van der Waals surface area contributed by atoms with Crippen molar-refractivity contribution in [1.29, 1.82) is 0 Å². The topological polar surface area (TPSA) is 80.3 Å². The third kappa shape index (κ3) is 4.84. The van der Waals surface area contributed by atoms with Gasteiger partial charge in [-0.3, -0.25) is 14.9 Å². The molecule has 110 valence electrons. The number of rotatable bonds is 5. The van der Waals surface area contributed by atoms with Crippen molar-refractivity contribution >= 4 is 28.3 Å². The Balaban J connectivity index is 1.67. The van der Waals surface area contributed by atoms with Crippen molar-refractivity contribution < 1.29 is 18.7 Å². The zero-order valence-electron chi connectivity index (χ0n) is 10.8. The van der Waals surface area contributed by atoms with E-state index in [4.69, 9.17) is 4.74 Å². The van der Waals surface area contributed by atoms with E-state index < -0.39 is 11.8 Å². The average Bonchev–Trinajstić information content (AvgIpc) is 2.98. The van der Waals surface area contributed by atoms with Crippen molar-refractivity contribution in [1.82, 2.24) is 10.3 Å². The first-order chi connectivity index (χ1) is 10.1. The van der Waals surface area contributed by atoms with E-state index in [1.165, 1.54) is 41.8 Å². The molecule has 0 aliphatic rings. The third-order valence-corrected chi connectivity index (χ3v) is 3.02. The summed E-state index contributed by atoms with van der Waals surface area (Å²) in [6.45, 7) is 0.323. The molecule has 8 heteroatoms. The minimum Gasteiger partial charge on any atom is -0.492 e. The number of nitrogens with one attached hydrogen (secondary N) is 2. The number of aromatic nitrogens is 1. The van der Waals surface area contributed by atoms with E-state index in [0.29, 0.717) is 10.9 Å². The van der Waals surface area contributed by atoms with Crippen LogP contribution in [0.25, 0.3) is 0 Å². The quantitative estimate of drug-likeness (QED) is 0.646. The van der Waals surface area contributed by atoms with Gasteiger partial charge >= 0.3 is 11.8 Å². The Morgan fingerprint density at radius 2 is 2.00 bits per heavy atom. The maximum Gasteiger partial charge on any atom is 0.315 e. The number of halogens is 1. The lowest BCUT2D eigenvalue weighted by Crippen LogP contribution is -2.37. The van der Waals surface area contributed by atoms with Gasteiger partial charge in [-0.2, -0.15) is 0 Å². The van der Waals surface area contributed by atoms with Gasteiger partial charge in [0, 0.05) is 11.6 Å². The molecular weight excluding hydrogens is 297 g/mol. The Morgan fingerprint density at radius 1 is 1.24 bits per heavy atom. The minimum atomic E-state index is -0.785. The highest BCUT2D eigenvalue weighted by Gasteiger charge is 2.13. The molecule has 6 nitrogen and oxygen atoms in total. The van der Waals surface area contributed by atoms with E-state index in [2.05, 4.69) is 15.6 Å². The van der Waals surface area contributed by atoms with Gasteiger partial charge < -0.3 is 10.1 Å². The van der Waals surface area contributed by atoms with E-state index in [1.807, 2.05) is 0 Å².